The lowest BCUT2D eigenvalue weighted by molar-refractivity contribution is 0.439. The summed E-state index contributed by atoms with van der Waals surface area (Å²) in [6, 6.07) is 3.61. The number of nitrogens with one attached hydrogen (secondary N) is 1. The van der Waals surface area contributed by atoms with Crippen LogP contribution in [0.4, 0.5) is 4.39 Å². The molecule has 0 aliphatic heterocycles. The Morgan fingerprint density at radius 1 is 1.43 bits per heavy atom. The number of H-pyrrole nitrogens is 1. The fourth-order valence-corrected chi connectivity index (χ4v) is 3.48. The number of aryl methyl sites for hydroxylation is 1. The van der Waals surface area contributed by atoms with Gasteiger partial charge in [-0.1, -0.05) is 12.1 Å². The third kappa shape index (κ3) is 3.24. The third-order valence-electron chi connectivity index (χ3n) is 3.16. The van der Waals surface area contributed by atoms with Crippen LogP contribution in [0, 0.1) is 12.7 Å². The number of aromatic amines is 1. The van der Waals surface area contributed by atoms with Gasteiger partial charge in [0.05, 0.1) is 4.90 Å². The van der Waals surface area contributed by atoms with Gasteiger partial charge in [0.15, 0.2) is 5.82 Å². The molecule has 1 N–H and O–H groups in total. The second-order valence-corrected chi connectivity index (χ2v) is 6.88. The molecule has 0 unspecified atom stereocenters. The number of likely N-dealkylation sites (N-methyl/N-ethyl adjacent to an activating group) is 1. The maximum Gasteiger partial charge on any atom is 0.243 e. The van der Waals surface area contributed by atoms with Crippen LogP contribution in [-0.2, 0) is 10.0 Å². The van der Waals surface area contributed by atoms with Crippen molar-refractivity contribution in [3.8, 4) is 0 Å². The van der Waals surface area contributed by atoms with Crippen molar-refractivity contribution >= 4 is 10.0 Å². The van der Waals surface area contributed by atoms with Gasteiger partial charge < -0.3 is 0 Å². The quantitative estimate of drug-likeness (QED) is 0.891. The van der Waals surface area contributed by atoms with Crippen LogP contribution in [0.1, 0.15) is 24.2 Å². The molecule has 1 aromatic carbocycles. The van der Waals surface area contributed by atoms with Crippen molar-refractivity contribution in [1.82, 2.24) is 24.9 Å². The Kier molecular flexibility index (Phi) is 4.33. The molecule has 114 valence electrons. The average molecular weight is 313 g/mol. The summed E-state index contributed by atoms with van der Waals surface area (Å²) in [6.07, 6.45) is 0. The normalized spacial score (nSPS) is 13.6. The van der Waals surface area contributed by atoms with E-state index in [1.165, 1.54) is 23.5 Å². The summed E-state index contributed by atoms with van der Waals surface area (Å²) < 4.78 is 39.3. The first-order valence-electron chi connectivity index (χ1n) is 6.28. The fraction of sp³-hybridized carbons (Fsp3) is 0.417. The number of rotatable bonds is 5. The molecule has 9 heteroatoms. The van der Waals surface area contributed by atoms with Crippen molar-refractivity contribution in [1.29, 1.82) is 0 Å². The molecule has 1 heterocycles. The summed E-state index contributed by atoms with van der Waals surface area (Å²) in [5.41, 5.74) is 0.370. The summed E-state index contributed by atoms with van der Waals surface area (Å²) in [6.45, 7) is 3.56. The number of sulfonamides is 1. The van der Waals surface area contributed by atoms with E-state index in [-0.39, 0.29) is 17.4 Å². The lowest BCUT2D eigenvalue weighted by Gasteiger charge is -2.20. The number of hydrogen-bond acceptors (Lipinski definition) is 5. The van der Waals surface area contributed by atoms with Crippen LogP contribution < -0.4 is 0 Å². The smallest absolute Gasteiger partial charge is 0.207 e. The largest absolute Gasteiger partial charge is 0.243 e. The number of nitrogens with zero attached hydrogens (tertiary/aromatic N) is 4. The molecule has 0 saturated carbocycles. The second-order valence-electron chi connectivity index (χ2n) is 4.87. The standard InChI is InChI=1S/C12H16FN5O2S/c1-8-6-10(13)4-5-11(8)21(19,20)18(3)7-9(2)12-14-16-17-15-12/h4-6,9H,7H2,1-3H3,(H,14,15,16,17)/t9-/m1/s1. The number of tetrazole rings is 1. The molecule has 21 heavy (non-hydrogen) atoms. The van der Waals surface area contributed by atoms with Gasteiger partial charge in [0.25, 0.3) is 0 Å². The van der Waals surface area contributed by atoms with Gasteiger partial charge in [0.2, 0.25) is 10.0 Å². The van der Waals surface area contributed by atoms with Gasteiger partial charge in [0.1, 0.15) is 5.82 Å². The van der Waals surface area contributed by atoms with Gasteiger partial charge in [-0.3, -0.25) is 0 Å². The van der Waals surface area contributed by atoms with E-state index >= 15 is 0 Å². The molecule has 0 fully saturated rings. The highest BCUT2D eigenvalue weighted by Crippen LogP contribution is 2.21. The Morgan fingerprint density at radius 3 is 2.71 bits per heavy atom. The van der Waals surface area contributed by atoms with E-state index in [9.17, 15) is 12.8 Å². The average Bonchev–Trinajstić information content (AvgIpc) is 2.91. The lowest BCUT2D eigenvalue weighted by atomic mass is 10.2. The highest BCUT2D eigenvalue weighted by atomic mass is 32.2. The summed E-state index contributed by atoms with van der Waals surface area (Å²) in [5, 5.41) is 13.4. The summed E-state index contributed by atoms with van der Waals surface area (Å²) in [7, 11) is -2.23. The molecule has 1 atom stereocenters. The van der Waals surface area contributed by atoms with Crippen LogP contribution in [0.15, 0.2) is 23.1 Å². The first kappa shape index (κ1) is 15.5. The number of halogens is 1. The van der Waals surface area contributed by atoms with Crippen LogP contribution in [0.5, 0.6) is 0 Å². The minimum atomic E-state index is -3.69. The molecule has 2 aromatic rings. The van der Waals surface area contributed by atoms with Crippen molar-refractivity contribution in [2.24, 2.45) is 0 Å². The SMILES string of the molecule is Cc1cc(F)ccc1S(=O)(=O)N(C)C[C@@H](C)c1nn[nH]n1. The molecular weight excluding hydrogens is 297 g/mol. The topological polar surface area (TPSA) is 91.8 Å². The van der Waals surface area contributed by atoms with Crippen molar-refractivity contribution in [3.05, 3.63) is 35.4 Å². The highest BCUT2D eigenvalue weighted by Gasteiger charge is 2.25. The Balaban J connectivity index is 2.22. The van der Waals surface area contributed by atoms with Gasteiger partial charge >= 0.3 is 0 Å². The lowest BCUT2D eigenvalue weighted by Crippen LogP contribution is -2.31. The second kappa shape index (κ2) is 5.86. The zero-order chi connectivity index (χ0) is 15.6. The van der Waals surface area contributed by atoms with E-state index in [0.717, 1.165) is 6.07 Å². The maximum atomic E-state index is 13.1. The third-order valence-corrected chi connectivity index (χ3v) is 5.14. The number of benzene rings is 1. The Bertz CT molecular complexity index is 717. The van der Waals surface area contributed by atoms with Crippen LogP contribution >= 0.6 is 0 Å². The zero-order valence-corrected chi connectivity index (χ0v) is 12.7. The van der Waals surface area contributed by atoms with E-state index in [2.05, 4.69) is 20.6 Å². The minimum absolute atomic E-state index is 0.0895. The summed E-state index contributed by atoms with van der Waals surface area (Å²) >= 11 is 0. The molecule has 0 amide bonds. The Hall–Kier alpha value is -1.87. The van der Waals surface area contributed by atoms with Crippen LogP contribution in [0.25, 0.3) is 0 Å². The van der Waals surface area contributed by atoms with Crippen LogP contribution in [0.3, 0.4) is 0 Å². The Morgan fingerprint density at radius 2 is 2.14 bits per heavy atom. The van der Waals surface area contributed by atoms with E-state index in [1.54, 1.807) is 13.8 Å². The van der Waals surface area contributed by atoms with E-state index in [0.29, 0.717) is 11.4 Å². The number of hydrogen-bond donors (Lipinski definition) is 1. The molecule has 0 aliphatic carbocycles. The predicted octanol–water partition coefficient (Wildman–Crippen LogP) is 1.07. The number of aromatic nitrogens is 4. The van der Waals surface area contributed by atoms with Gasteiger partial charge in [-0.05, 0) is 30.7 Å². The van der Waals surface area contributed by atoms with E-state index in [4.69, 9.17) is 0 Å². The molecule has 7 nitrogen and oxygen atoms in total. The van der Waals surface area contributed by atoms with Gasteiger partial charge in [-0.15, -0.1) is 10.2 Å². The first-order valence-corrected chi connectivity index (χ1v) is 7.72. The highest BCUT2D eigenvalue weighted by molar-refractivity contribution is 7.89. The summed E-state index contributed by atoms with van der Waals surface area (Å²) in [5.74, 6) is -0.244. The van der Waals surface area contributed by atoms with E-state index < -0.39 is 15.8 Å². The van der Waals surface area contributed by atoms with Crippen molar-refractivity contribution < 1.29 is 12.8 Å². The monoisotopic (exact) mass is 313 g/mol. The zero-order valence-electron chi connectivity index (χ0n) is 11.9. The predicted molar refractivity (Wildman–Crippen MR) is 73.5 cm³/mol. The maximum absolute atomic E-state index is 13.1. The summed E-state index contributed by atoms with van der Waals surface area (Å²) in [4.78, 5) is 0.0895. The Labute approximate surface area is 122 Å². The van der Waals surface area contributed by atoms with Crippen LogP contribution in [-0.4, -0.2) is 46.9 Å². The van der Waals surface area contributed by atoms with E-state index in [1.807, 2.05) is 0 Å². The molecule has 2 rings (SSSR count). The molecular formula is C12H16FN5O2S. The molecule has 0 saturated heterocycles. The molecule has 1 aromatic heterocycles. The van der Waals surface area contributed by atoms with Crippen molar-refractivity contribution in [2.45, 2.75) is 24.7 Å². The van der Waals surface area contributed by atoms with Crippen molar-refractivity contribution in [2.75, 3.05) is 13.6 Å². The fourth-order valence-electron chi connectivity index (χ4n) is 2.01. The van der Waals surface area contributed by atoms with Gasteiger partial charge in [0, 0.05) is 19.5 Å². The molecule has 0 radical (unpaired) electrons. The minimum Gasteiger partial charge on any atom is -0.207 e. The molecule has 0 aliphatic rings. The van der Waals surface area contributed by atoms with Gasteiger partial charge in [-0.2, -0.15) is 5.21 Å². The molecule has 0 bridgehead atoms. The molecule has 0 spiro atoms. The van der Waals surface area contributed by atoms with Crippen LogP contribution in [0.2, 0.25) is 0 Å². The van der Waals surface area contributed by atoms with Crippen molar-refractivity contribution in [3.63, 3.8) is 0 Å². The van der Waals surface area contributed by atoms with Gasteiger partial charge in [-0.25, -0.2) is 17.1 Å². The first-order chi connectivity index (χ1) is 9.82.